The van der Waals surface area contributed by atoms with Crippen LogP contribution in [-0.2, 0) is 0 Å². The quantitative estimate of drug-likeness (QED) is 0.855. The molecule has 1 fully saturated rings. The summed E-state index contributed by atoms with van der Waals surface area (Å²) in [4.78, 5) is 20.5. The molecule has 1 amide bonds. The van der Waals surface area contributed by atoms with E-state index in [-0.39, 0.29) is 11.5 Å². The summed E-state index contributed by atoms with van der Waals surface area (Å²) >= 11 is 0. The number of nitriles is 1. The number of halogens is 1. The molecule has 0 aliphatic carbocycles. The zero-order chi connectivity index (χ0) is 17.8. The van der Waals surface area contributed by atoms with E-state index in [4.69, 9.17) is 10.00 Å². The number of piperazine rings is 1. The summed E-state index contributed by atoms with van der Waals surface area (Å²) in [6, 6.07) is 9.68. The van der Waals surface area contributed by atoms with Crippen molar-refractivity contribution in [1.29, 1.82) is 5.26 Å². The normalized spacial score (nSPS) is 14.1. The molecule has 0 unspecified atom stereocenters. The molecule has 1 aromatic heterocycles. The molecule has 25 heavy (non-hydrogen) atoms. The summed E-state index contributed by atoms with van der Waals surface area (Å²) < 4.78 is 19.0. The van der Waals surface area contributed by atoms with Crippen LogP contribution in [0.4, 0.5) is 10.2 Å². The molecule has 0 radical (unpaired) electrons. The second-order valence-electron chi connectivity index (χ2n) is 5.64. The number of amides is 1. The number of rotatable bonds is 3. The maximum absolute atomic E-state index is 14.0. The number of ether oxygens (including phenoxy) is 1. The number of hydrogen-bond acceptors (Lipinski definition) is 5. The predicted molar refractivity (Wildman–Crippen MR) is 90.0 cm³/mol. The molecule has 0 saturated carbocycles. The van der Waals surface area contributed by atoms with Crippen LogP contribution in [0.1, 0.15) is 15.9 Å². The predicted octanol–water partition coefficient (Wildman–Crippen LogP) is 2.06. The molecule has 1 aliphatic heterocycles. The Morgan fingerprint density at radius 1 is 1.24 bits per heavy atom. The van der Waals surface area contributed by atoms with Gasteiger partial charge in [-0.25, -0.2) is 9.37 Å². The van der Waals surface area contributed by atoms with Gasteiger partial charge in [0.25, 0.3) is 5.91 Å². The minimum atomic E-state index is -0.554. The molecule has 1 aromatic carbocycles. The molecular weight excluding hydrogens is 323 g/mol. The van der Waals surface area contributed by atoms with E-state index in [2.05, 4.69) is 4.98 Å². The molecule has 2 aromatic rings. The molecule has 128 valence electrons. The topological polar surface area (TPSA) is 69.5 Å². The zero-order valence-corrected chi connectivity index (χ0v) is 13.8. The van der Waals surface area contributed by atoms with Crippen molar-refractivity contribution in [2.75, 3.05) is 38.2 Å². The number of benzene rings is 1. The van der Waals surface area contributed by atoms with Gasteiger partial charge in [-0.15, -0.1) is 0 Å². The average molecular weight is 340 g/mol. The fraction of sp³-hybridized carbons (Fsp3) is 0.278. The molecule has 3 rings (SSSR count). The Morgan fingerprint density at radius 3 is 2.60 bits per heavy atom. The van der Waals surface area contributed by atoms with Crippen LogP contribution in [0.15, 0.2) is 36.5 Å². The van der Waals surface area contributed by atoms with Crippen LogP contribution in [0.5, 0.6) is 5.75 Å². The van der Waals surface area contributed by atoms with Gasteiger partial charge in [0, 0.05) is 32.4 Å². The lowest BCUT2D eigenvalue weighted by Gasteiger charge is -2.35. The van der Waals surface area contributed by atoms with Crippen molar-refractivity contribution in [3.63, 3.8) is 0 Å². The molecule has 0 atom stereocenters. The lowest BCUT2D eigenvalue weighted by molar-refractivity contribution is 0.0741. The molecule has 0 spiro atoms. The number of nitrogens with zero attached hydrogens (tertiary/aromatic N) is 4. The lowest BCUT2D eigenvalue weighted by Crippen LogP contribution is -2.49. The molecule has 0 N–H and O–H groups in total. The third-order valence-electron chi connectivity index (χ3n) is 4.17. The smallest absolute Gasteiger partial charge is 0.257 e. The Balaban J connectivity index is 1.67. The first kappa shape index (κ1) is 16.7. The Morgan fingerprint density at radius 2 is 2.00 bits per heavy atom. The fourth-order valence-electron chi connectivity index (χ4n) is 2.74. The number of aromatic nitrogens is 1. The zero-order valence-electron chi connectivity index (χ0n) is 13.8. The third-order valence-corrected chi connectivity index (χ3v) is 4.17. The van der Waals surface area contributed by atoms with Crippen LogP contribution < -0.4 is 9.64 Å². The minimum Gasteiger partial charge on any atom is -0.497 e. The van der Waals surface area contributed by atoms with E-state index >= 15 is 0 Å². The van der Waals surface area contributed by atoms with Crippen LogP contribution in [-0.4, -0.2) is 49.1 Å². The highest BCUT2D eigenvalue weighted by atomic mass is 19.1. The highest BCUT2D eigenvalue weighted by Gasteiger charge is 2.25. The van der Waals surface area contributed by atoms with Gasteiger partial charge >= 0.3 is 0 Å². The van der Waals surface area contributed by atoms with Gasteiger partial charge in [-0.05, 0) is 30.3 Å². The standard InChI is InChI=1S/C18H17FN4O2/c1-25-14-3-4-16(19)15(10-14)18(24)23-8-6-22(7-9-23)17-5-2-13(11-20)12-21-17/h2-5,10,12H,6-9H2,1H3. The number of carbonyl (C=O) groups excluding carboxylic acids is 1. The van der Waals surface area contributed by atoms with Gasteiger partial charge in [0.15, 0.2) is 0 Å². The third kappa shape index (κ3) is 3.53. The first-order valence-corrected chi connectivity index (χ1v) is 7.86. The van der Waals surface area contributed by atoms with Crippen molar-refractivity contribution >= 4 is 11.7 Å². The van der Waals surface area contributed by atoms with Crippen molar-refractivity contribution in [1.82, 2.24) is 9.88 Å². The average Bonchev–Trinajstić information content (AvgIpc) is 2.68. The number of methoxy groups -OCH3 is 1. The largest absolute Gasteiger partial charge is 0.497 e. The van der Waals surface area contributed by atoms with Crippen molar-refractivity contribution in [2.45, 2.75) is 0 Å². The van der Waals surface area contributed by atoms with Crippen LogP contribution >= 0.6 is 0 Å². The SMILES string of the molecule is COc1ccc(F)c(C(=O)N2CCN(c3ccc(C#N)cn3)CC2)c1. The Bertz CT molecular complexity index is 809. The van der Waals surface area contributed by atoms with Crippen LogP contribution in [0.25, 0.3) is 0 Å². The molecule has 0 bridgehead atoms. The second kappa shape index (κ2) is 7.18. The van der Waals surface area contributed by atoms with Gasteiger partial charge in [-0.1, -0.05) is 0 Å². The molecule has 1 aliphatic rings. The van der Waals surface area contributed by atoms with Crippen molar-refractivity contribution in [3.8, 4) is 11.8 Å². The first-order valence-electron chi connectivity index (χ1n) is 7.86. The number of carbonyl (C=O) groups is 1. The van der Waals surface area contributed by atoms with Gasteiger partial charge in [0.05, 0.1) is 18.2 Å². The summed E-state index contributed by atoms with van der Waals surface area (Å²) in [7, 11) is 1.48. The Kier molecular flexibility index (Phi) is 4.80. The first-order chi connectivity index (χ1) is 12.1. The highest BCUT2D eigenvalue weighted by molar-refractivity contribution is 5.95. The fourth-order valence-corrected chi connectivity index (χ4v) is 2.74. The molecule has 6 nitrogen and oxygen atoms in total. The van der Waals surface area contributed by atoms with Crippen LogP contribution in [0.3, 0.4) is 0 Å². The monoisotopic (exact) mass is 340 g/mol. The highest BCUT2D eigenvalue weighted by Crippen LogP contribution is 2.20. The molecule has 1 saturated heterocycles. The van der Waals surface area contributed by atoms with Gasteiger partial charge in [0.2, 0.25) is 0 Å². The van der Waals surface area contributed by atoms with E-state index in [1.165, 1.54) is 31.5 Å². The van der Waals surface area contributed by atoms with Gasteiger partial charge in [-0.2, -0.15) is 5.26 Å². The van der Waals surface area contributed by atoms with E-state index in [1.54, 1.807) is 17.0 Å². The van der Waals surface area contributed by atoms with Crippen molar-refractivity contribution in [3.05, 3.63) is 53.5 Å². The Labute approximate surface area is 145 Å². The summed E-state index contributed by atoms with van der Waals surface area (Å²) in [6.07, 6.45) is 1.53. The minimum absolute atomic E-state index is 0.0179. The lowest BCUT2D eigenvalue weighted by atomic mass is 10.1. The van der Waals surface area contributed by atoms with Crippen molar-refractivity contribution < 1.29 is 13.9 Å². The molecular formula is C18H17FN4O2. The van der Waals surface area contributed by atoms with E-state index in [0.717, 1.165) is 5.82 Å². The van der Waals surface area contributed by atoms with Crippen LogP contribution in [0, 0.1) is 17.1 Å². The van der Waals surface area contributed by atoms with E-state index in [1.807, 2.05) is 11.0 Å². The van der Waals surface area contributed by atoms with E-state index in [0.29, 0.717) is 37.5 Å². The molecule has 7 heteroatoms. The number of anilines is 1. The van der Waals surface area contributed by atoms with Gasteiger partial charge in [-0.3, -0.25) is 4.79 Å². The maximum atomic E-state index is 14.0. The van der Waals surface area contributed by atoms with E-state index < -0.39 is 5.82 Å². The second-order valence-corrected chi connectivity index (χ2v) is 5.64. The summed E-state index contributed by atoms with van der Waals surface area (Å²) in [5, 5.41) is 8.82. The number of pyridine rings is 1. The van der Waals surface area contributed by atoms with E-state index in [9.17, 15) is 9.18 Å². The molecule has 2 heterocycles. The summed E-state index contributed by atoms with van der Waals surface area (Å²) in [5.74, 6) is 0.314. The maximum Gasteiger partial charge on any atom is 0.257 e. The van der Waals surface area contributed by atoms with Crippen molar-refractivity contribution in [2.24, 2.45) is 0 Å². The summed E-state index contributed by atoms with van der Waals surface area (Å²) in [6.45, 7) is 2.13. The summed E-state index contributed by atoms with van der Waals surface area (Å²) in [5.41, 5.74) is 0.523. The van der Waals surface area contributed by atoms with Gasteiger partial charge in [0.1, 0.15) is 23.5 Å². The Hall–Kier alpha value is -3.14. The van der Waals surface area contributed by atoms with Gasteiger partial charge < -0.3 is 14.5 Å². The van der Waals surface area contributed by atoms with Crippen LogP contribution in [0.2, 0.25) is 0 Å². The number of hydrogen-bond donors (Lipinski definition) is 0.